The Morgan fingerprint density at radius 3 is 0.635 bits per heavy atom. The number of nitrogens with one attached hydrogen (secondary N) is 15. The standard InChI is InChI=1S/C75H117N21/c1-13-46-58(37-88-67-52(19-7)61(40-91-70-76-25-26-77-70)49(16-4)62(53(67)20-8)41-92-71-78-27-28-79-71)47(14-2)60(39-90-69-56(23-11)65(44-95-74-84-33-34-85-74)51(18-6)66(57(69)24-12)45-96-75-86-35-36-87-75)48(15-3)59(46)38-89-68-54(21-9)63(42-93-72-80-29-30-81-72)50(17-5)64(55(68)22-10)43-94-73-82-31-32-83-73/h88-90H,13-45H2,1-12H3,(H2,76,77,91)(H2,78,79,92)(H2,80,81,93)(H2,82,83,94)(H2,84,85,95)(H2,86,87,96)/p+6. The first-order valence-electron chi connectivity index (χ1n) is 37.7. The Hall–Kier alpha value is -7.62. The normalized spacial score (nSPS) is 15.8. The first kappa shape index (κ1) is 71.2. The van der Waals surface area contributed by atoms with Crippen LogP contribution in [0.3, 0.4) is 0 Å². The van der Waals surface area contributed by atoms with Crippen LogP contribution in [0.25, 0.3) is 0 Å². The molecule has 522 valence electrons. The molecule has 0 radical (unpaired) electrons. The summed E-state index contributed by atoms with van der Waals surface area (Å²) < 4.78 is 0. The number of hydrogen-bond acceptors (Lipinski definition) is 15. The molecule has 21 N–H and O–H groups in total. The average Bonchev–Trinajstić information content (AvgIpc) is 0.945. The third-order valence-electron chi connectivity index (χ3n) is 21.0. The molecule has 0 bridgehead atoms. The molecular weight excluding hydrogens is 1190 g/mol. The number of nitrogens with two attached hydrogens (primary N) is 3. The lowest BCUT2D eigenvalue weighted by atomic mass is 9.82. The molecule has 21 nitrogen and oxygen atoms in total. The summed E-state index contributed by atoms with van der Waals surface area (Å²) in [6.45, 7) is 46.1. The summed E-state index contributed by atoms with van der Waals surface area (Å²) in [7, 11) is 0. The van der Waals surface area contributed by atoms with E-state index in [0.717, 1.165) is 211 Å². The Morgan fingerprint density at radius 1 is 0.260 bits per heavy atom. The zero-order chi connectivity index (χ0) is 67.5. The van der Waals surface area contributed by atoms with Crippen LogP contribution in [-0.2, 0) is 136 Å². The van der Waals surface area contributed by atoms with Crippen molar-refractivity contribution in [3.63, 3.8) is 0 Å². The van der Waals surface area contributed by atoms with Gasteiger partial charge in [-0.1, -0.05) is 83.1 Å². The maximum atomic E-state index is 4.81. The minimum absolute atomic E-state index is 0.701. The molecular formula is C75H123N21+6. The highest BCUT2D eigenvalue weighted by Gasteiger charge is 2.32. The molecule has 0 amide bonds. The van der Waals surface area contributed by atoms with Gasteiger partial charge in [0.15, 0.2) is 17.9 Å². The van der Waals surface area contributed by atoms with E-state index in [-0.39, 0.29) is 0 Å². The quantitative estimate of drug-likeness (QED) is 0.0266. The van der Waals surface area contributed by atoms with Crippen molar-refractivity contribution >= 4 is 52.8 Å². The number of rotatable bonds is 33. The number of anilines is 3. The van der Waals surface area contributed by atoms with Gasteiger partial charge in [0.25, 0.3) is 0 Å². The summed E-state index contributed by atoms with van der Waals surface area (Å²) >= 11 is 0. The van der Waals surface area contributed by atoms with E-state index in [9.17, 15) is 0 Å². The zero-order valence-corrected chi connectivity index (χ0v) is 60.9. The van der Waals surface area contributed by atoms with Gasteiger partial charge in [-0.25, -0.2) is 46.9 Å². The second kappa shape index (κ2) is 35.1. The van der Waals surface area contributed by atoms with Crippen LogP contribution in [-0.4, -0.2) is 114 Å². The van der Waals surface area contributed by atoms with Crippen LogP contribution in [0.15, 0.2) is 15.0 Å². The maximum Gasteiger partial charge on any atom is 0.438 e. The molecule has 0 saturated heterocycles. The summed E-state index contributed by atoms with van der Waals surface area (Å²) in [5.74, 6) is 6.11. The third kappa shape index (κ3) is 15.8. The Morgan fingerprint density at radius 2 is 0.458 bits per heavy atom. The fourth-order valence-electron chi connectivity index (χ4n) is 16.7. The maximum absolute atomic E-state index is 4.81. The molecule has 0 spiro atoms. The van der Waals surface area contributed by atoms with E-state index in [4.69, 9.17) is 15.0 Å². The van der Waals surface area contributed by atoms with Crippen molar-refractivity contribution in [3.05, 3.63) is 117 Å². The molecule has 6 aliphatic heterocycles. The van der Waals surface area contributed by atoms with Gasteiger partial charge < -0.3 is 47.9 Å². The lowest BCUT2D eigenvalue weighted by Crippen LogP contribution is -2.94. The van der Waals surface area contributed by atoms with Gasteiger partial charge in [0, 0.05) is 92.7 Å². The molecule has 0 aliphatic carbocycles. The first-order chi connectivity index (χ1) is 47.1. The molecule has 10 rings (SSSR count). The number of quaternary nitrogens is 3. The smallest absolute Gasteiger partial charge is 0.380 e. The highest BCUT2D eigenvalue weighted by atomic mass is 15.2. The second-order valence-corrected chi connectivity index (χ2v) is 26.1. The van der Waals surface area contributed by atoms with E-state index < -0.39 is 0 Å². The van der Waals surface area contributed by atoms with E-state index >= 15 is 0 Å². The van der Waals surface area contributed by atoms with Crippen molar-refractivity contribution < 1.29 is 30.9 Å². The van der Waals surface area contributed by atoms with Crippen LogP contribution < -0.4 is 94.7 Å². The van der Waals surface area contributed by atoms with Crippen molar-refractivity contribution in [3.8, 4) is 0 Å². The molecule has 4 aromatic carbocycles. The highest BCUT2D eigenvalue weighted by molar-refractivity contribution is 5.83. The second-order valence-electron chi connectivity index (χ2n) is 26.1. The van der Waals surface area contributed by atoms with Crippen LogP contribution >= 0.6 is 0 Å². The summed E-state index contributed by atoms with van der Waals surface area (Å²) in [6, 6.07) is 0. The van der Waals surface area contributed by atoms with Crippen LogP contribution in [0, 0.1) is 0 Å². The van der Waals surface area contributed by atoms with Crippen LogP contribution in [0.5, 0.6) is 0 Å². The van der Waals surface area contributed by atoms with Crippen molar-refractivity contribution in [2.24, 2.45) is 15.0 Å². The van der Waals surface area contributed by atoms with Crippen LogP contribution in [0.1, 0.15) is 200 Å². The SMILES string of the molecule is CCc1c(CNc2c(CC)c(CNC3=NCCN3)c(CC)c(CNC3=NCCN3)c2CC)c(CC)c(CNc2c(CC)c(CNC3=[NH+]CC[NH2+]3)c(CC)c(CNC3=[NH+]CC[NH2+]3)c2CC)c(CC)c1CNc1c(CC)c(CNC2=NCCN2)c(CC)c(CNC2=[NH+]CC[NH2+]2)c1CC. The number of nitrogens with zero attached hydrogens (tertiary/aromatic N) is 3. The van der Waals surface area contributed by atoms with E-state index in [1.807, 2.05) is 0 Å². The predicted molar refractivity (Wildman–Crippen MR) is 395 cm³/mol. The summed E-state index contributed by atoms with van der Waals surface area (Å²) in [6.07, 6.45) is 11.1. The van der Waals surface area contributed by atoms with Crippen molar-refractivity contribution in [2.45, 2.75) is 219 Å². The lowest BCUT2D eigenvalue weighted by Gasteiger charge is -2.31. The highest BCUT2D eigenvalue weighted by Crippen LogP contribution is 2.41. The minimum atomic E-state index is 0.701. The van der Waals surface area contributed by atoms with Gasteiger partial charge in [0.1, 0.15) is 58.9 Å². The number of hydrogen-bond donors (Lipinski definition) is 18. The fourth-order valence-corrected chi connectivity index (χ4v) is 16.7. The molecule has 6 heterocycles. The number of guanidine groups is 6. The number of aliphatic imine (C=N–C) groups is 3. The molecule has 4 aromatic rings. The predicted octanol–water partition coefficient (Wildman–Crippen LogP) is -1.27. The third-order valence-corrected chi connectivity index (χ3v) is 21.0. The Kier molecular flexibility index (Phi) is 26.0. The Balaban J connectivity index is 1.15. The van der Waals surface area contributed by atoms with Crippen LogP contribution in [0.4, 0.5) is 17.1 Å². The Labute approximate surface area is 574 Å². The van der Waals surface area contributed by atoms with E-state index in [0.29, 0.717) is 39.3 Å². The minimum Gasteiger partial charge on any atom is -0.380 e. The largest absolute Gasteiger partial charge is 0.438 e. The van der Waals surface area contributed by atoms with Crippen molar-refractivity contribution in [1.29, 1.82) is 0 Å². The number of benzene rings is 4. The summed E-state index contributed by atoms with van der Waals surface area (Å²) in [5.41, 5.74) is 33.8. The van der Waals surface area contributed by atoms with Crippen molar-refractivity contribution in [1.82, 2.24) is 47.9 Å². The summed E-state index contributed by atoms with van der Waals surface area (Å²) in [4.78, 5) is 25.3. The lowest BCUT2D eigenvalue weighted by molar-refractivity contribution is -0.542. The van der Waals surface area contributed by atoms with Crippen molar-refractivity contribution in [2.75, 3.05) is 94.5 Å². The fraction of sp³-hybridized carbons (Fsp3) is 0.600. The van der Waals surface area contributed by atoms with Gasteiger partial charge in [0.05, 0.1) is 19.6 Å². The topological polar surface area (TPSA) is 273 Å². The molecule has 0 saturated carbocycles. The summed E-state index contributed by atoms with van der Waals surface area (Å²) in [5, 5.41) is 53.7. The Bertz CT molecular complexity index is 3010. The molecule has 0 aromatic heterocycles. The van der Waals surface area contributed by atoms with Gasteiger partial charge >= 0.3 is 17.9 Å². The molecule has 0 atom stereocenters. The average molecular weight is 1320 g/mol. The monoisotopic (exact) mass is 1320 g/mol. The van der Waals surface area contributed by atoms with Crippen LogP contribution in [0.2, 0.25) is 0 Å². The molecule has 0 unspecified atom stereocenters. The first-order valence-corrected chi connectivity index (χ1v) is 37.7. The van der Waals surface area contributed by atoms with Gasteiger partial charge in [0.2, 0.25) is 0 Å². The van der Waals surface area contributed by atoms with Gasteiger partial charge in [-0.05, 0) is 177 Å². The van der Waals surface area contributed by atoms with Gasteiger partial charge in [-0.15, -0.1) is 0 Å². The van der Waals surface area contributed by atoms with Gasteiger partial charge in [-0.2, -0.15) is 0 Å². The van der Waals surface area contributed by atoms with E-state index in [1.54, 1.807) is 0 Å². The van der Waals surface area contributed by atoms with Gasteiger partial charge in [-0.3, -0.25) is 15.0 Å². The molecule has 21 heteroatoms. The van der Waals surface area contributed by atoms with E-state index in [2.05, 4.69) is 178 Å². The molecule has 96 heavy (non-hydrogen) atoms. The van der Waals surface area contributed by atoms with E-state index in [1.165, 1.54) is 134 Å². The molecule has 0 fully saturated rings. The molecule has 6 aliphatic rings. The zero-order valence-electron chi connectivity index (χ0n) is 60.9.